The second kappa shape index (κ2) is 8.00. The molecule has 0 aromatic heterocycles. The van der Waals surface area contributed by atoms with Gasteiger partial charge in [0.05, 0.1) is 0 Å². The summed E-state index contributed by atoms with van der Waals surface area (Å²) in [4.78, 5) is 2.75. The highest BCUT2D eigenvalue weighted by atomic mass is 15.2. The van der Waals surface area contributed by atoms with Gasteiger partial charge in [-0.1, -0.05) is 97.6 Å². The van der Waals surface area contributed by atoms with Crippen molar-refractivity contribution in [1.29, 1.82) is 0 Å². The molecule has 1 nitrogen and oxygen atoms in total. The molecule has 0 aliphatic carbocycles. The predicted octanol–water partition coefficient (Wildman–Crippen LogP) is 6.24. The molecule has 2 unspecified atom stereocenters. The van der Waals surface area contributed by atoms with Crippen LogP contribution in [-0.2, 0) is 0 Å². The maximum absolute atomic E-state index is 4.66. The lowest BCUT2D eigenvalue weighted by Crippen LogP contribution is -2.57. The number of rotatable bonds is 5. The zero-order chi connectivity index (χ0) is 19.6. The van der Waals surface area contributed by atoms with Crippen molar-refractivity contribution in [3.63, 3.8) is 0 Å². The average molecular weight is 380 g/mol. The molecule has 3 fully saturated rings. The van der Waals surface area contributed by atoms with Gasteiger partial charge in [-0.25, -0.2) is 0 Å². The molecule has 3 heterocycles. The van der Waals surface area contributed by atoms with Crippen molar-refractivity contribution in [3.8, 4) is 0 Å². The molecule has 0 amide bonds. The maximum atomic E-state index is 4.66. The Kier molecular flexibility index (Phi) is 5.08. The summed E-state index contributed by atoms with van der Waals surface area (Å²) in [6, 6.07) is 33.5. The summed E-state index contributed by atoms with van der Waals surface area (Å²) < 4.78 is 0. The summed E-state index contributed by atoms with van der Waals surface area (Å²) in [6.07, 6.45) is 2.59. The van der Waals surface area contributed by atoms with Crippen LogP contribution in [0, 0.1) is 11.8 Å². The van der Waals surface area contributed by atoms with E-state index >= 15 is 0 Å². The number of nitrogens with zero attached hydrogens (tertiary/aromatic N) is 1. The van der Waals surface area contributed by atoms with Gasteiger partial charge in [0.15, 0.2) is 0 Å². The van der Waals surface area contributed by atoms with Gasteiger partial charge in [0.1, 0.15) is 0 Å². The highest BCUT2D eigenvalue weighted by Crippen LogP contribution is 2.49. The van der Waals surface area contributed by atoms with E-state index in [1.165, 1.54) is 48.2 Å². The number of hydrogen-bond donors (Lipinski definition) is 0. The van der Waals surface area contributed by atoms with Crippen LogP contribution in [0.5, 0.6) is 0 Å². The highest BCUT2D eigenvalue weighted by molar-refractivity contribution is 5.67. The van der Waals surface area contributed by atoms with Crippen molar-refractivity contribution in [2.24, 2.45) is 11.8 Å². The first-order valence-corrected chi connectivity index (χ1v) is 10.9. The van der Waals surface area contributed by atoms with E-state index in [0.717, 1.165) is 5.92 Å². The Hall–Kier alpha value is -2.64. The summed E-state index contributed by atoms with van der Waals surface area (Å²) in [5.74, 6) is 1.59. The molecule has 0 N–H and O–H groups in total. The van der Waals surface area contributed by atoms with E-state index in [4.69, 9.17) is 0 Å². The van der Waals surface area contributed by atoms with Crippen molar-refractivity contribution < 1.29 is 0 Å². The molecule has 0 radical (unpaired) electrons. The van der Waals surface area contributed by atoms with Crippen LogP contribution >= 0.6 is 0 Å². The lowest BCUT2D eigenvalue weighted by Gasteiger charge is -2.54. The smallest absolute Gasteiger partial charge is 0.0276 e. The first-order valence-electron chi connectivity index (χ1n) is 10.9. The second-order valence-electron chi connectivity index (χ2n) is 8.58. The zero-order valence-corrected chi connectivity index (χ0v) is 17.0. The van der Waals surface area contributed by atoms with Crippen molar-refractivity contribution in [2.75, 3.05) is 13.1 Å². The largest absolute Gasteiger partial charge is 0.299 e. The van der Waals surface area contributed by atoms with Crippen LogP contribution in [0.1, 0.15) is 35.4 Å². The highest BCUT2D eigenvalue weighted by Gasteiger charge is 2.47. The van der Waals surface area contributed by atoms with Crippen LogP contribution in [0.25, 0.3) is 5.57 Å². The van der Waals surface area contributed by atoms with Crippen LogP contribution in [0.15, 0.2) is 97.6 Å². The molecule has 3 aromatic carbocycles. The van der Waals surface area contributed by atoms with Crippen molar-refractivity contribution >= 4 is 5.57 Å². The van der Waals surface area contributed by atoms with E-state index in [9.17, 15) is 0 Å². The molecule has 0 saturated carbocycles. The third kappa shape index (κ3) is 3.45. The van der Waals surface area contributed by atoms with Gasteiger partial charge < -0.3 is 0 Å². The van der Waals surface area contributed by atoms with E-state index in [-0.39, 0.29) is 0 Å². The zero-order valence-electron chi connectivity index (χ0n) is 17.0. The van der Waals surface area contributed by atoms with Gasteiger partial charge in [-0.05, 0) is 54.1 Å². The fourth-order valence-electron chi connectivity index (χ4n) is 5.74. The maximum Gasteiger partial charge on any atom is 0.0276 e. The van der Waals surface area contributed by atoms with Crippen molar-refractivity contribution in [2.45, 2.75) is 24.8 Å². The minimum absolute atomic E-state index is 0.367. The number of piperidine rings is 3. The van der Waals surface area contributed by atoms with E-state index in [1.807, 2.05) is 0 Å². The van der Waals surface area contributed by atoms with E-state index in [2.05, 4.69) is 102 Å². The molecule has 3 aliphatic rings. The Morgan fingerprint density at radius 2 is 1.21 bits per heavy atom. The van der Waals surface area contributed by atoms with Gasteiger partial charge in [0.2, 0.25) is 0 Å². The molecule has 1 heteroatoms. The minimum Gasteiger partial charge on any atom is -0.299 e. The topological polar surface area (TPSA) is 3.24 Å². The molecular formula is C28H29N. The van der Waals surface area contributed by atoms with Crippen LogP contribution in [0.3, 0.4) is 0 Å². The fourth-order valence-corrected chi connectivity index (χ4v) is 5.74. The Morgan fingerprint density at radius 1 is 0.724 bits per heavy atom. The van der Waals surface area contributed by atoms with Crippen LogP contribution in [0.2, 0.25) is 0 Å². The molecule has 146 valence electrons. The fraction of sp³-hybridized carbons (Fsp3) is 0.286. The van der Waals surface area contributed by atoms with Crippen molar-refractivity contribution in [3.05, 3.63) is 114 Å². The average Bonchev–Trinajstić information content (AvgIpc) is 2.81. The van der Waals surface area contributed by atoms with Gasteiger partial charge in [-0.15, -0.1) is 0 Å². The first-order chi connectivity index (χ1) is 14.3. The third-order valence-corrected chi connectivity index (χ3v) is 7.08. The van der Waals surface area contributed by atoms with Gasteiger partial charge in [-0.2, -0.15) is 0 Å². The second-order valence-corrected chi connectivity index (χ2v) is 8.58. The Bertz CT molecular complexity index is 900. The number of hydrogen-bond acceptors (Lipinski definition) is 1. The summed E-state index contributed by atoms with van der Waals surface area (Å²) in [5.41, 5.74) is 5.46. The lowest BCUT2D eigenvalue weighted by atomic mass is 9.64. The standard InChI is InChI=1S/C28H29N/c1-21(22-11-5-2-6-12-22)26-25-17-19-29(20-18-25)28(26)27(23-13-7-3-8-14-23)24-15-9-4-10-16-24/h2-16,25-28H,1,17-20H2. The van der Waals surface area contributed by atoms with Gasteiger partial charge in [0, 0.05) is 17.9 Å². The van der Waals surface area contributed by atoms with Crippen LogP contribution in [-0.4, -0.2) is 24.0 Å². The van der Waals surface area contributed by atoms with Gasteiger partial charge >= 0.3 is 0 Å². The summed E-state index contributed by atoms with van der Waals surface area (Å²) in [5, 5.41) is 0. The SMILES string of the molecule is C=C(c1ccccc1)C1C2CCN(CC2)C1C(c1ccccc1)c1ccccc1. The lowest BCUT2D eigenvalue weighted by molar-refractivity contribution is 0.00786. The van der Waals surface area contributed by atoms with Gasteiger partial charge in [-0.3, -0.25) is 4.90 Å². The normalized spacial score (nSPS) is 25.8. The summed E-state index contributed by atoms with van der Waals surface area (Å²) in [6.45, 7) is 7.09. The molecule has 3 aromatic rings. The summed E-state index contributed by atoms with van der Waals surface area (Å²) in [7, 11) is 0. The van der Waals surface area contributed by atoms with Crippen LogP contribution in [0.4, 0.5) is 0 Å². The third-order valence-electron chi connectivity index (χ3n) is 7.08. The molecule has 29 heavy (non-hydrogen) atoms. The molecule has 0 spiro atoms. The number of fused-ring (bicyclic) bond motifs is 3. The molecule has 2 bridgehead atoms. The molecule has 6 rings (SSSR count). The predicted molar refractivity (Wildman–Crippen MR) is 122 cm³/mol. The first kappa shape index (κ1) is 18.4. The Morgan fingerprint density at radius 3 is 1.72 bits per heavy atom. The summed E-state index contributed by atoms with van der Waals surface area (Å²) >= 11 is 0. The Balaban J connectivity index is 1.62. The quantitative estimate of drug-likeness (QED) is 0.507. The van der Waals surface area contributed by atoms with Gasteiger partial charge in [0.25, 0.3) is 0 Å². The Labute approximate surface area is 174 Å². The molecular weight excluding hydrogens is 350 g/mol. The van der Waals surface area contributed by atoms with E-state index in [1.54, 1.807) is 0 Å². The van der Waals surface area contributed by atoms with Crippen LogP contribution < -0.4 is 0 Å². The van der Waals surface area contributed by atoms with E-state index < -0.39 is 0 Å². The molecule has 3 saturated heterocycles. The minimum atomic E-state index is 0.367. The number of benzene rings is 3. The monoisotopic (exact) mass is 379 g/mol. The molecule has 3 aliphatic heterocycles. The molecule has 2 atom stereocenters. The van der Waals surface area contributed by atoms with E-state index in [0.29, 0.717) is 17.9 Å². The van der Waals surface area contributed by atoms with Crippen molar-refractivity contribution in [1.82, 2.24) is 4.90 Å².